The number of hydrogen-bond donors (Lipinski definition) is 0. The zero-order chi connectivity index (χ0) is 9.56. The molecule has 0 radical (unpaired) electrons. The number of carbonyl (C=O) groups is 1. The molecule has 0 aliphatic heterocycles. The minimum absolute atomic E-state index is 0.283. The Morgan fingerprint density at radius 3 is 2.42 bits per heavy atom. The van der Waals surface area contributed by atoms with Crippen LogP contribution in [0.15, 0.2) is 0 Å². The van der Waals surface area contributed by atoms with Crippen molar-refractivity contribution in [1.82, 2.24) is 4.90 Å². The Kier molecular flexibility index (Phi) is 5.77. The highest BCUT2D eigenvalue weighted by molar-refractivity contribution is 5.75. The van der Waals surface area contributed by atoms with Crippen molar-refractivity contribution in [2.45, 2.75) is 40.0 Å². The fourth-order valence-corrected chi connectivity index (χ4v) is 1.06. The van der Waals surface area contributed by atoms with Crippen LogP contribution in [0, 0.1) is 5.92 Å². The Morgan fingerprint density at radius 1 is 1.42 bits per heavy atom. The molecule has 72 valence electrons. The maximum atomic E-state index is 11.4. The minimum Gasteiger partial charge on any atom is -0.346 e. The summed E-state index contributed by atoms with van der Waals surface area (Å²) in [5, 5.41) is 0. The summed E-state index contributed by atoms with van der Waals surface area (Å²) < 4.78 is 0. The summed E-state index contributed by atoms with van der Waals surface area (Å²) in [5.41, 5.74) is 0. The van der Waals surface area contributed by atoms with Gasteiger partial charge in [-0.05, 0) is 18.8 Å². The number of carbonyl (C=O) groups excluding carboxylic acids is 1. The Labute approximate surface area is 75.9 Å². The molecule has 0 aromatic carbocycles. The first-order valence-electron chi connectivity index (χ1n) is 4.81. The van der Waals surface area contributed by atoms with Crippen molar-refractivity contribution in [2.24, 2.45) is 5.92 Å². The Balaban J connectivity index is 3.57. The van der Waals surface area contributed by atoms with Gasteiger partial charge in [0.15, 0.2) is 0 Å². The van der Waals surface area contributed by atoms with Crippen LogP contribution in [0.4, 0.5) is 0 Å². The summed E-state index contributed by atoms with van der Waals surface area (Å²) in [5.74, 6) is 0.912. The summed E-state index contributed by atoms with van der Waals surface area (Å²) in [6, 6.07) is 0. The van der Waals surface area contributed by atoms with E-state index < -0.39 is 0 Å². The fraction of sp³-hybridized carbons (Fsp3) is 0.900. The highest BCUT2D eigenvalue weighted by Crippen LogP contribution is 2.05. The molecule has 0 saturated heterocycles. The molecule has 0 aliphatic carbocycles. The van der Waals surface area contributed by atoms with Gasteiger partial charge in [-0.3, -0.25) is 4.79 Å². The third-order valence-electron chi connectivity index (χ3n) is 1.92. The molecule has 0 aromatic heterocycles. The molecule has 2 heteroatoms. The highest BCUT2D eigenvalue weighted by Gasteiger charge is 2.07. The maximum Gasteiger partial charge on any atom is 0.222 e. The lowest BCUT2D eigenvalue weighted by molar-refractivity contribution is -0.130. The smallest absolute Gasteiger partial charge is 0.222 e. The quantitative estimate of drug-likeness (QED) is 0.621. The lowest BCUT2D eigenvalue weighted by Gasteiger charge is -2.16. The van der Waals surface area contributed by atoms with Gasteiger partial charge >= 0.3 is 0 Å². The molecule has 0 heterocycles. The van der Waals surface area contributed by atoms with Gasteiger partial charge in [-0.2, -0.15) is 0 Å². The first kappa shape index (κ1) is 11.5. The van der Waals surface area contributed by atoms with Gasteiger partial charge in [0.25, 0.3) is 0 Å². The minimum atomic E-state index is 0.283. The molecular formula is C10H21NO. The zero-order valence-electron chi connectivity index (χ0n) is 8.76. The predicted octanol–water partition coefficient (Wildman–Crippen LogP) is 2.29. The zero-order valence-corrected chi connectivity index (χ0v) is 8.76. The van der Waals surface area contributed by atoms with Crippen LogP contribution in [0.3, 0.4) is 0 Å². The van der Waals surface area contributed by atoms with Crippen LogP contribution < -0.4 is 0 Å². The van der Waals surface area contributed by atoms with Crippen molar-refractivity contribution in [3.8, 4) is 0 Å². The molecule has 1 amide bonds. The van der Waals surface area contributed by atoms with Crippen molar-refractivity contribution in [1.29, 1.82) is 0 Å². The van der Waals surface area contributed by atoms with Crippen LogP contribution in [0.1, 0.15) is 40.0 Å². The maximum absolute atomic E-state index is 11.4. The SMILES string of the molecule is CCCN(C)C(=O)CCC(C)C. The van der Waals surface area contributed by atoms with E-state index in [9.17, 15) is 4.79 Å². The summed E-state index contributed by atoms with van der Waals surface area (Å²) in [7, 11) is 1.88. The van der Waals surface area contributed by atoms with E-state index in [0.717, 1.165) is 19.4 Å². The second-order valence-electron chi connectivity index (χ2n) is 3.75. The molecule has 2 nitrogen and oxygen atoms in total. The van der Waals surface area contributed by atoms with E-state index in [4.69, 9.17) is 0 Å². The molecular weight excluding hydrogens is 150 g/mol. The number of hydrogen-bond acceptors (Lipinski definition) is 1. The number of nitrogens with zero attached hydrogens (tertiary/aromatic N) is 1. The van der Waals surface area contributed by atoms with Crippen LogP contribution in [0.25, 0.3) is 0 Å². The molecule has 0 bridgehead atoms. The number of amides is 1. The van der Waals surface area contributed by atoms with Gasteiger partial charge in [-0.25, -0.2) is 0 Å². The number of rotatable bonds is 5. The lowest BCUT2D eigenvalue weighted by Crippen LogP contribution is -2.27. The van der Waals surface area contributed by atoms with Gasteiger partial charge in [0.05, 0.1) is 0 Å². The van der Waals surface area contributed by atoms with Crippen molar-refractivity contribution >= 4 is 5.91 Å². The molecule has 0 aliphatic rings. The van der Waals surface area contributed by atoms with Crippen molar-refractivity contribution in [2.75, 3.05) is 13.6 Å². The van der Waals surface area contributed by atoms with Crippen molar-refractivity contribution in [3.05, 3.63) is 0 Å². The third kappa shape index (κ3) is 5.16. The molecule has 0 rings (SSSR count). The molecule has 0 aromatic rings. The van der Waals surface area contributed by atoms with Gasteiger partial charge in [-0.15, -0.1) is 0 Å². The van der Waals surface area contributed by atoms with Crippen LogP contribution in [-0.2, 0) is 4.79 Å². The van der Waals surface area contributed by atoms with E-state index in [0.29, 0.717) is 12.3 Å². The predicted molar refractivity (Wildman–Crippen MR) is 52.0 cm³/mol. The van der Waals surface area contributed by atoms with Gasteiger partial charge in [0, 0.05) is 20.0 Å². The molecule has 0 atom stereocenters. The monoisotopic (exact) mass is 171 g/mol. The van der Waals surface area contributed by atoms with Crippen molar-refractivity contribution in [3.63, 3.8) is 0 Å². The fourth-order valence-electron chi connectivity index (χ4n) is 1.06. The largest absolute Gasteiger partial charge is 0.346 e. The van der Waals surface area contributed by atoms with E-state index >= 15 is 0 Å². The molecule has 12 heavy (non-hydrogen) atoms. The Morgan fingerprint density at radius 2 is 2.00 bits per heavy atom. The van der Waals surface area contributed by atoms with Crippen LogP contribution in [0.2, 0.25) is 0 Å². The van der Waals surface area contributed by atoms with Gasteiger partial charge in [0.2, 0.25) is 5.91 Å². The molecule has 0 spiro atoms. The van der Waals surface area contributed by atoms with Crippen molar-refractivity contribution < 1.29 is 4.79 Å². The van der Waals surface area contributed by atoms with Gasteiger partial charge in [0.1, 0.15) is 0 Å². The summed E-state index contributed by atoms with van der Waals surface area (Å²) in [6.07, 6.45) is 2.75. The van der Waals surface area contributed by atoms with E-state index in [-0.39, 0.29) is 5.91 Å². The topological polar surface area (TPSA) is 20.3 Å². The van der Waals surface area contributed by atoms with Crippen LogP contribution in [0.5, 0.6) is 0 Å². The molecule has 0 unspecified atom stereocenters. The molecule has 0 N–H and O–H groups in total. The highest BCUT2D eigenvalue weighted by atomic mass is 16.2. The first-order valence-corrected chi connectivity index (χ1v) is 4.81. The summed E-state index contributed by atoms with van der Waals surface area (Å²) in [6.45, 7) is 7.27. The van der Waals surface area contributed by atoms with Gasteiger partial charge in [-0.1, -0.05) is 20.8 Å². The molecule has 0 saturated carbocycles. The normalized spacial score (nSPS) is 10.4. The van der Waals surface area contributed by atoms with E-state index in [1.807, 2.05) is 11.9 Å². The third-order valence-corrected chi connectivity index (χ3v) is 1.92. The van der Waals surface area contributed by atoms with Gasteiger partial charge < -0.3 is 4.90 Å². The Bertz CT molecular complexity index is 132. The summed E-state index contributed by atoms with van der Waals surface area (Å²) >= 11 is 0. The van der Waals surface area contributed by atoms with Crippen LogP contribution >= 0.6 is 0 Å². The second-order valence-corrected chi connectivity index (χ2v) is 3.75. The average Bonchev–Trinajstić information content (AvgIpc) is 2.00. The standard InChI is InChI=1S/C10H21NO/c1-5-8-11(4)10(12)7-6-9(2)3/h9H,5-8H2,1-4H3. The first-order chi connectivity index (χ1) is 5.57. The van der Waals surface area contributed by atoms with E-state index in [2.05, 4.69) is 20.8 Å². The van der Waals surface area contributed by atoms with E-state index in [1.54, 1.807) is 0 Å². The Hall–Kier alpha value is -0.530. The lowest BCUT2D eigenvalue weighted by atomic mass is 10.1. The van der Waals surface area contributed by atoms with E-state index in [1.165, 1.54) is 0 Å². The second kappa shape index (κ2) is 6.04. The van der Waals surface area contributed by atoms with Crippen LogP contribution in [-0.4, -0.2) is 24.4 Å². The average molecular weight is 171 g/mol. The summed E-state index contributed by atoms with van der Waals surface area (Å²) in [4.78, 5) is 13.2. The molecule has 0 fully saturated rings.